The van der Waals surface area contributed by atoms with Gasteiger partial charge in [-0.3, -0.25) is 9.11 Å². The molecule has 2 aromatic rings. The minimum atomic E-state index is -4.55. The summed E-state index contributed by atoms with van der Waals surface area (Å²) in [5.41, 5.74) is 11.5. The number of anilines is 2. The Balaban J connectivity index is 0.00000288. The van der Waals surface area contributed by atoms with Crippen molar-refractivity contribution in [1.29, 1.82) is 0 Å². The molecule has 0 aliphatic heterocycles. The first-order chi connectivity index (χ1) is 10.5. The fourth-order valence-electron chi connectivity index (χ4n) is 2.12. The van der Waals surface area contributed by atoms with Gasteiger partial charge >= 0.3 is 0 Å². The summed E-state index contributed by atoms with van der Waals surface area (Å²) < 4.78 is 64.3. The van der Waals surface area contributed by atoms with Gasteiger partial charge in [0.05, 0.1) is 9.79 Å². The van der Waals surface area contributed by atoms with Crippen LogP contribution >= 0.6 is 0 Å². The lowest BCUT2D eigenvalue weighted by Crippen LogP contribution is -2.08. The van der Waals surface area contributed by atoms with E-state index in [4.69, 9.17) is 11.5 Å². The number of rotatable bonds is 4. The van der Waals surface area contributed by atoms with Gasteiger partial charge in [-0.1, -0.05) is 12.1 Å². The van der Waals surface area contributed by atoms with E-state index in [1.165, 1.54) is 24.3 Å². The lowest BCUT2D eigenvalue weighted by atomic mass is 10.0. The molecule has 0 saturated carbocycles. The molecule has 0 heterocycles. The van der Waals surface area contributed by atoms with Crippen LogP contribution in [0.2, 0.25) is 0 Å². The van der Waals surface area contributed by atoms with Crippen LogP contribution in [0.5, 0.6) is 0 Å². The standard InChI is InChI=1S/C13H14N2O6S2.2H3N/c14-10-3-1-8(12(6-10)22(16,17)18)5-9-2-4-11(15)7-13(9)23(19,20)21;;/h1-4,6-7H,5,14-15H2,(H,16,17,18)(H,19,20,21);2*1H3. The minimum absolute atomic E-state index is 0. The number of nitrogen functional groups attached to an aromatic ring is 2. The first-order valence-corrected chi connectivity index (χ1v) is 9.08. The van der Waals surface area contributed by atoms with E-state index >= 15 is 0 Å². The first-order valence-electron chi connectivity index (χ1n) is 6.20. The molecule has 2 rings (SSSR count). The largest absolute Gasteiger partial charge is 0.399 e. The van der Waals surface area contributed by atoms with Crippen LogP contribution in [0, 0.1) is 0 Å². The number of hydrogen-bond donors (Lipinski definition) is 6. The third kappa shape index (κ3) is 5.38. The molecule has 2 aromatic carbocycles. The molecule has 25 heavy (non-hydrogen) atoms. The summed E-state index contributed by atoms with van der Waals surface area (Å²) in [5, 5.41) is 0. The molecule has 0 spiro atoms. The molecule has 0 fully saturated rings. The zero-order chi connectivity index (χ0) is 17.4. The highest BCUT2D eigenvalue weighted by Crippen LogP contribution is 2.26. The molecule has 10 nitrogen and oxygen atoms in total. The highest BCUT2D eigenvalue weighted by Gasteiger charge is 2.20. The van der Waals surface area contributed by atoms with E-state index in [1.54, 1.807) is 0 Å². The average molecular weight is 392 g/mol. The summed E-state index contributed by atoms with van der Waals surface area (Å²) in [6, 6.07) is 7.65. The van der Waals surface area contributed by atoms with E-state index in [-0.39, 0.29) is 41.2 Å². The Bertz CT molecular complexity index is 895. The average Bonchev–Trinajstić information content (AvgIpc) is 2.40. The van der Waals surface area contributed by atoms with Gasteiger partial charge in [0.15, 0.2) is 0 Å². The molecule has 0 aliphatic carbocycles. The molecule has 12 N–H and O–H groups in total. The summed E-state index contributed by atoms with van der Waals surface area (Å²) in [7, 11) is -9.10. The molecule has 0 saturated heterocycles. The topological polar surface area (TPSA) is 231 Å². The van der Waals surface area contributed by atoms with Crippen LogP contribution in [0.4, 0.5) is 11.4 Å². The van der Waals surface area contributed by atoms with Gasteiger partial charge < -0.3 is 23.8 Å². The maximum atomic E-state index is 11.4. The van der Waals surface area contributed by atoms with Crippen LogP contribution in [0.25, 0.3) is 0 Å². The number of benzene rings is 2. The lowest BCUT2D eigenvalue weighted by molar-refractivity contribution is 0.481. The Morgan fingerprint density at radius 3 is 1.32 bits per heavy atom. The Morgan fingerprint density at radius 1 is 0.720 bits per heavy atom. The monoisotopic (exact) mass is 392 g/mol. The van der Waals surface area contributed by atoms with Gasteiger partial charge in [-0.2, -0.15) is 16.8 Å². The third-order valence-electron chi connectivity index (χ3n) is 3.12. The second-order valence-electron chi connectivity index (χ2n) is 4.86. The SMILES string of the molecule is N.N.Nc1ccc(Cc2ccc(N)cc2S(=O)(=O)O)c(S(=O)(=O)O)c1. The van der Waals surface area contributed by atoms with Gasteiger partial charge in [-0.05, 0) is 35.4 Å². The summed E-state index contributed by atoms with van der Waals surface area (Å²) in [5.74, 6) is 0. The van der Waals surface area contributed by atoms with E-state index in [9.17, 15) is 25.9 Å². The molecule has 0 amide bonds. The van der Waals surface area contributed by atoms with E-state index in [0.717, 1.165) is 12.1 Å². The van der Waals surface area contributed by atoms with E-state index in [2.05, 4.69) is 0 Å². The van der Waals surface area contributed by atoms with Crippen LogP contribution in [0.3, 0.4) is 0 Å². The maximum absolute atomic E-state index is 11.4. The summed E-state index contributed by atoms with van der Waals surface area (Å²) in [4.78, 5) is -0.869. The van der Waals surface area contributed by atoms with Crippen molar-refractivity contribution in [3.05, 3.63) is 47.5 Å². The normalized spacial score (nSPS) is 11.3. The van der Waals surface area contributed by atoms with Crippen molar-refractivity contribution in [1.82, 2.24) is 12.3 Å². The van der Waals surface area contributed by atoms with E-state index < -0.39 is 30.0 Å². The molecule has 140 valence electrons. The van der Waals surface area contributed by atoms with Crippen LogP contribution in [-0.2, 0) is 26.7 Å². The van der Waals surface area contributed by atoms with Gasteiger partial charge in [0, 0.05) is 17.8 Å². The van der Waals surface area contributed by atoms with Crippen molar-refractivity contribution in [2.45, 2.75) is 16.2 Å². The quantitative estimate of drug-likeness (QED) is 0.322. The van der Waals surface area contributed by atoms with Crippen molar-refractivity contribution < 1.29 is 25.9 Å². The minimum Gasteiger partial charge on any atom is -0.399 e. The molecule has 0 aromatic heterocycles. The lowest BCUT2D eigenvalue weighted by Gasteiger charge is -2.11. The molecule has 0 unspecified atom stereocenters. The van der Waals surface area contributed by atoms with E-state index in [0.29, 0.717) is 0 Å². The summed E-state index contributed by atoms with van der Waals surface area (Å²) in [6.07, 6.45) is -0.176. The summed E-state index contributed by atoms with van der Waals surface area (Å²) in [6.45, 7) is 0. The second-order valence-corrected chi connectivity index (χ2v) is 7.64. The van der Waals surface area contributed by atoms with Crippen molar-refractivity contribution in [3.63, 3.8) is 0 Å². The summed E-state index contributed by atoms with van der Waals surface area (Å²) >= 11 is 0. The molecular formula is C13H20N4O6S2. The van der Waals surface area contributed by atoms with Crippen molar-refractivity contribution in [2.24, 2.45) is 0 Å². The van der Waals surface area contributed by atoms with Gasteiger partial charge in [-0.25, -0.2) is 0 Å². The zero-order valence-electron chi connectivity index (χ0n) is 13.1. The first kappa shape index (κ1) is 22.8. The molecule has 0 radical (unpaired) electrons. The molecule has 12 heteroatoms. The third-order valence-corrected chi connectivity index (χ3v) is 4.99. The van der Waals surface area contributed by atoms with Crippen molar-refractivity contribution in [3.8, 4) is 0 Å². The van der Waals surface area contributed by atoms with Crippen LogP contribution < -0.4 is 23.8 Å². The van der Waals surface area contributed by atoms with Crippen molar-refractivity contribution in [2.75, 3.05) is 11.5 Å². The van der Waals surface area contributed by atoms with Crippen LogP contribution in [0.15, 0.2) is 46.2 Å². The predicted molar refractivity (Wildman–Crippen MR) is 94.2 cm³/mol. The Morgan fingerprint density at radius 2 is 1.04 bits per heavy atom. The molecular weight excluding hydrogens is 372 g/mol. The Labute approximate surface area is 145 Å². The second kappa shape index (κ2) is 7.77. The fraction of sp³-hybridized carbons (Fsp3) is 0.0769. The predicted octanol–water partition coefficient (Wildman–Crippen LogP) is 1.26. The van der Waals surface area contributed by atoms with Gasteiger partial charge in [0.2, 0.25) is 0 Å². The van der Waals surface area contributed by atoms with Crippen molar-refractivity contribution >= 4 is 31.6 Å². The van der Waals surface area contributed by atoms with Crippen LogP contribution in [-0.4, -0.2) is 25.9 Å². The number of hydrogen-bond acceptors (Lipinski definition) is 8. The maximum Gasteiger partial charge on any atom is 0.294 e. The molecule has 0 aliphatic rings. The molecule has 0 atom stereocenters. The van der Waals surface area contributed by atoms with E-state index in [1.807, 2.05) is 0 Å². The number of nitrogens with two attached hydrogens (primary N) is 2. The van der Waals surface area contributed by atoms with Gasteiger partial charge in [0.1, 0.15) is 0 Å². The van der Waals surface area contributed by atoms with Crippen LogP contribution in [0.1, 0.15) is 11.1 Å². The highest BCUT2D eigenvalue weighted by atomic mass is 32.2. The molecule has 0 bridgehead atoms. The zero-order valence-corrected chi connectivity index (χ0v) is 14.7. The van der Waals surface area contributed by atoms with Gasteiger partial charge in [-0.15, -0.1) is 0 Å². The fourth-order valence-corrected chi connectivity index (χ4v) is 3.63. The smallest absolute Gasteiger partial charge is 0.294 e. The van der Waals surface area contributed by atoms with Gasteiger partial charge in [0.25, 0.3) is 20.2 Å². The Kier molecular flexibility index (Phi) is 7.08. The highest BCUT2D eigenvalue weighted by molar-refractivity contribution is 7.86. The Hall–Kier alpha value is -2.22.